The summed E-state index contributed by atoms with van der Waals surface area (Å²) < 4.78 is 17.8. The Morgan fingerprint density at radius 1 is 0.800 bits per heavy atom. The van der Waals surface area contributed by atoms with E-state index in [1.165, 1.54) is 0 Å². The van der Waals surface area contributed by atoms with Gasteiger partial charge in [-0.3, -0.25) is 0 Å². The van der Waals surface area contributed by atoms with E-state index in [4.69, 9.17) is 22.9 Å². The molecule has 0 saturated carbocycles. The summed E-state index contributed by atoms with van der Waals surface area (Å²) in [4.78, 5) is 0. The van der Waals surface area contributed by atoms with Gasteiger partial charge in [-0.2, -0.15) is 0 Å². The fourth-order valence-electron chi connectivity index (χ4n) is 1.26. The van der Waals surface area contributed by atoms with Crippen molar-refractivity contribution in [1.82, 2.24) is 0 Å². The number of halogens is 1. The quantitative estimate of drug-likeness (QED) is 0.534. The molecule has 15 heavy (non-hydrogen) atoms. The van der Waals surface area contributed by atoms with Crippen LogP contribution >= 0.6 is 11.6 Å². The molecular formula is C10H23ClGeO3. The van der Waals surface area contributed by atoms with Gasteiger partial charge in [0.05, 0.1) is 0 Å². The molecule has 0 bridgehead atoms. The van der Waals surface area contributed by atoms with Crippen molar-refractivity contribution in [1.29, 1.82) is 0 Å². The Hall–Kier alpha value is 0.713. The van der Waals surface area contributed by atoms with Crippen LogP contribution in [-0.2, 0) is 11.3 Å². The van der Waals surface area contributed by atoms with E-state index in [9.17, 15) is 0 Å². The molecule has 0 N–H and O–H groups in total. The average molecular weight is 299 g/mol. The van der Waals surface area contributed by atoms with E-state index in [0.29, 0.717) is 4.71 Å². The van der Waals surface area contributed by atoms with Gasteiger partial charge < -0.3 is 0 Å². The summed E-state index contributed by atoms with van der Waals surface area (Å²) in [6, 6.07) is 0. The molecule has 0 saturated heterocycles. The van der Waals surface area contributed by atoms with E-state index >= 15 is 0 Å². The minimum absolute atomic E-state index is 0.0845. The maximum absolute atomic E-state index is 5.96. The first kappa shape index (κ1) is 15.7. The molecule has 0 aromatic heterocycles. The predicted molar refractivity (Wildman–Crippen MR) is 65.1 cm³/mol. The van der Waals surface area contributed by atoms with Gasteiger partial charge in [0.1, 0.15) is 0 Å². The number of hydrogen-bond donors (Lipinski definition) is 0. The second-order valence-corrected chi connectivity index (χ2v) is 10.6. The van der Waals surface area contributed by atoms with Crippen molar-refractivity contribution in [3.8, 4) is 0 Å². The molecule has 3 nitrogen and oxygen atoms in total. The number of hydrogen-bond acceptors (Lipinski definition) is 3. The topological polar surface area (TPSA) is 27.7 Å². The van der Waals surface area contributed by atoms with Crippen LogP contribution in [0.15, 0.2) is 0 Å². The zero-order chi connectivity index (χ0) is 12.1. The minimum atomic E-state index is -3.24. The van der Waals surface area contributed by atoms with Gasteiger partial charge in [-0.05, 0) is 0 Å². The van der Waals surface area contributed by atoms with E-state index in [2.05, 4.69) is 0 Å². The van der Waals surface area contributed by atoms with Crippen LogP contribution in [0.2, 0.25) is 0 Å². The van der Waals surface area contributed by atoms with Crippen LogP contribution in [0, 0.1) is 0 Å². The molecule has 92 valence electrons. The second kappa shape index (κ2) is 7.12. The third kappa shape index (κ3) is 6.79. The van der Waals surface area contributed by atoms with E-state index in [-0.39, 0.29) is 18.3 Å². The molecule has 5 heteroatoms. The van der Waals surface area contributed by atoms with Crippen LogP contribution in [0.1, 0.15) is 41.5 Å². The van der Waals surface area contributed by atoms with Gasteiger partial charge in [-0.15, -0.1) is 0 Å². The van der Waals surface area contributed by atoms with Crippen molar-refractivity contribution in [3.63, 3.8) is 0 Å². The first-order valence-corrected chi connectivity index (χ1v) is 9.99. The number of alkyl halides is 1. The first-order chi connectivity index (χ1) is 6.81. The summed E-state index contributed by atoms with van der Waals surface area (Å²) in [5.74, 6) is 0. The summed E-state index contributed by atoms with van der Waals surface area (Å²) in [6.07, 6.45) is 0.253. The zero-order valence-corrected chi connectivity index (χ0v) is 13.4. The normalized spacial score (nSPS) is 13.2. The van der Waals surface area contributed by atoms with Crippen molar-refractivity contribution in [2.24, 2.45) is 0 Å². The van der Waals surface area contributed by atoms with E-state index in [0.717, 1.165) is 0 Å². The van der Waals surface area contributed by atoms with E-state index < -0.39 is 14.3 Å². The van der Waals surface area contributed by atoms with Crippen LogP contribution in [0.3, 0.4) is 0 Å². The van der Waals surface area contributed by atoms with Gasteiger partial charge in [-0.25, -0.2) is 0 Å². The molecular weight excluding hydrogens is 276 g/mol. The number of rotatable bonds is 7. The van der Waals surface area contributed by atoms with Gasteiger partial charge in [-0.1, -0.05) is 0 Å². The molecule has 0 aliphatic carbocycles. The van der Waals surface area contributed by atoms with Gasteiger partial charge in [0.2, 0.25) is 0 Å². The Morgan fingerprint density at radius 2 is 1.07 bits per heavy atom. The van der Waals surface area contributed by atoms with Crippen molar-refractivity contribution < 1.29 is 11.3 Å². The molecule has 0 fully saturated rings. The molecule has 0 aromatic rings. The Kier molecular flexibility index (Phi) is 7.46. The molecule has 0 rings (SSSR count). The first-order valence-electron chi connectivity index (χ1n) is 5.40. The fraction of sp³-hybridized carbons (Fsp3) is 1.00. The molecule has 0 aliphatic rings. The fourth-order valence-corrected chi connectivity index (χ4v) is 7.50. The molecule has 0 atom stereocenters. The standard InChI is InChI=1S/C10H23ClGeO3/c1-8(2)13-12(7-11,14-9(3)4)15-10(5)6/h8-10H,7H2,1-6H3. The Bertz CT molecular complexity index is 148. The molecule has 0 unspecified atom stereocenters. The van der Waals surface area contributed by atoms with E-state index in [1.54, 1.807) is 0 Å². The van der Waals surface area contributed by atoms with Crippen LogP contribution in [0.5, 0.6) is 0 Å². The summed E-state index contributed by atoms with van der Waals surface area (Å²) in [7, 11) is 0. The van der Waals surface area contributed by atoms with Crippen LogP contribution in [0.25, 0.3) is 0 Å². The molecule has 0 amide bonds. The Labute approximate surface area is 102 Å². The second-order valence-electron chi connectivity index (χ2n) is 4.32. The molecule has 0 spiro atoms. The summed E-state index contributed by atoms with van der Waals surface area (Å²) >= 11 is 2.72. The van der Waals surface area contributed by atoms with Crippen LogP contribution < -0.4 is 0 Å². The van der Waals surface area contributed by atoms with Crippen molar-refractivity contribution in [3.05, 3.63) is 0 Å². The van der Waals surface area contributed by atoms with Gasteiger partial charge in [0, 0.05) is 0 Å². The summed E-state index contributed by atoms with van der Waals surface area (Å²) in [6.45, 7) is 11.8. The van der Waals surface area contributed by atoms with Gasteiger partial charge in [0.25, 0.3) is 0 Å². The third-order valence-corrected chi connectivity index (χ3v) is 9.02. The molecule has 0 heterocycles. The molecule has 0 radical (unpaired) electrons. The summed E-state index contributed by atoms with van der Waals surface area (Å²) in [5, 5.41) is 0. The zero-order valence-electron chi connectivity index (χ0n) is 10.5. The molecule has 0 aliphatic heterocycles. The van der Waals surface area contributed by atoms with Crippen molar-refractivity contribution in [2.75, 3.05) is 4.71 Å². The van der Waals surface area contributed by atoms with E-state index in [1.807, 2.05) is 41.5 Å². The van der Waals surface area contributed by atoms with Crippen LogP contribution in [-0.4, -0.2) is 37.3 Å². The average Bonchev–Trinajstić information content (AvgIpc) is 1.99. The molecule has 0 aromatic carbocycles. The van der Waals surface area contributed by atoms with Gasteiger partial charge >= 0.3 is 102 Å². The monoisotopic (exact) mass is 300 g/mol. The van der Waals surface area contributed by atoms with Gasteiger partial charge in [0.15, 0.2) is 0 Å². The Morgan fingerprint density at radius 3 is 1.20 bits per heavy atom. The van der Waals surface area contributed by atoms with Crippen molar-refractivity contribution >= 4 is 25.9 Å². The Balaban J connectivity index is 4.59. The third-order valence-electron chi connectivity index (χ3n) is 1.41. The maximum atomic E-state index is 5.96. The predicted octanol–water partition coefficient (Wildman–Crippen LogP) is 2.98. The van der Waals surface area contributed by atoms with Crippen LogP contribution in [0.4, 0.5) is 0 Å². The summed E-state index contributed by atoms with van der Waals surface area (Å²) in [5.41, 5.74) is 0. The van der Waals surface area contributed by atoms with Crippen molar-refractivity contribution in [2.45, 2.75) is 59.9 Å². The SMILES string of the molecule is CC(C)[O][Ge]([CH2]Cl)([O]C(C)C)[O]C(C)C.